The fourth-order valence-electron chi connectivity index (χ4n) is 2.88. The summed E-state index contributed by atoms with van der Waals surface area (Å²) in [4.78, 5) is 25.0. The minimum Gasteiger partial charge on any atom is -0.497 e. The molecule has 27 heavy (non-hydrogen) atoms. The molecule has 0 saturated heterocycles. The summed E-state index contributed by atoms with van der Waals surface area (Å²) in [5.74, 6) is -0.00370. The summed E-state index contributed by atoms with van der Waals surface area (Å²) in [6.45, 7) is 1.84. The number of methoxy groups -OCH3 is 2. The van der Waals surface area contributed by atoms with Gasteiger partial charge in [0, 0.05) is 16.8 Å². The van der Waals surface area contributed by atoms with Gasteiger partial charge in [0.25, 0.3) is 0 Å². The lowest BCUT2D eigenvalue weighted by molar-refractivity contribution is -0.122. The van der Waals surface area contributed by atoms with Crippen molar-refractivity contribution in [3.63, 3.8) is 0 Å². The molecule has 2 amide bonds. The lowest BCUT2D eigenvalue weighted by Gasteiger charge is -2.12. The Morgan fingerprint density at radius 1 is 1.00 bits per heavy atom. The molecule has 2 N–H and O–H groups in total. The standard InChI is InChI=1S/C20H21ClN2O4/c1-11-15(21)5-4-6-16(11)22-19(24)13-10-14(13)20(25)23-17-9-12(26-2)7-8-18(17)27-3/h4-9,13-14H,10H2,1-3H3,(H,22,24)(H,23,25). The largest absolute Gasteiger partial charge is 0.497 e. The molecule has 3 rings (SSSR count). The highest BCUT2D eigenvalue weighted by atomic mass is 35.5. The van der Waals surface area contributed by atoms with Crippen LogP contribution in [0.2, 0.25) is 5.02 Å². The van der Waals surface area contributed by atoms with E-state index in [-0.39, 0.29) is 23.7 Å². The molecule has 1 saturated carbocycles. The Morgan fingerprint density at radius 2 is 1.67 bits per heavy atom. The van der Waals surface area contributed by atoms with Crippen molar-refractivity contribution in [2.45, 2.75) is 13.3 Å². The minimum absolute atomic E-state index is 0.182. The first-order valence-corrected chi connectivity index (χ1v) is 8.91. The second-order valence-corrected chi connectivity index (χ2v) is 6.81. The molecular weight excluding hydrogens is 368 g/mol. The first-order valence-electron chi connectivity index (χ1n) is 8.53. The lowest BCUT2D eigenvalue weighted by atomic mass is 10.2. The van der Waals surface area contributed by atoms with Gasteiger partial charge in [0.05, 0.1) is 31.7 Å². The zero-order valence-electron chi connectivity index (χ0n) is 15.3. The van der Waals surface area contributed by atoms with Crippen LogP contribution in [0.4, 0.5) is 11.4 Å². The van der Waals surface area contributed by atoms with Gasteiger partial charge in [-0.3, -0.25) is 9.59 Å². The van der Waals surface area contributed by atoms with E-state index in [4.69, 9.17) is 21.1 Å². The smallest absolute Gasteiger partial charge is 0.228 e. The van der Waals surface area contributed by atoms with Crippen LogP contribution in [-0.4, -0.2) is 26.0 Å². The van der Waals surface area contributed by atoms with Gasteiger partial charge in [0.2, 0.25) is 11.8 Å². The molecule has 2 unspecified atom stereocenters. The zero-order chi connectivity index (χ0) is 19.6. The lowest BCUT2D eigenvalue weighted by Crippen LogP contribution is -2.21. The quantitative estimate of drug-likeness (QED) is 0.787. The summed E-state index contributed by atoms with van der Waals surface area (Å²) in [5, 5.41) is 6.26. The first kappa shape index (κ1) is 19.0. The predicted molar refractivity (Wildman–Crippen MR) is 105 cm³/mol. The van der Waals surface area contributed by atoms with Crippen molar-refractivity contribution in [2.75, 3.05) is 24.9 Å². The van der Waals surface area contributed by atoms with Crippen molar-refractivity contribution < 1.29 is 19.1 Å². The van der Waals surface area contributed by atoms with Crippen molar-refractivity contribution in [1.82, 2.24) is 0 Å². The number of halogens is 1. The molecule has 1 aliphatic carbocycles. The monoisotopic (exact) mass is 388 g/mol. The predicted octanol–water partition coefficient (Wildman–Crippen LogP) is 3.88. The Labute approximate surface area is 162 Å². The van der Waals surface area contributed by atoms with E-state index in [1.807, 2.05) is 6.92 Å². The number of hydrogen-bond donors (Lipinski definition) is 2. The van der Waals surface area contributed by atoms with Crippen LogP contribution in [0.1, 0.15) is 12.0 Å². The zero-order valence-corrected chi connectivity index (χ0v) is 16.1. The topological polar surface area (TPSA) is 76.7 Å². The van der Waals surface area contributed by atoms with Crippen LogP contribution in [0.25, 0.3) is 0 Å². The fourth-order valence-corrected chi connectivity index (χ4v) is 3.05. The second kappa shape index (κ2) is 7.88. The molecule has 142 valence electrons. The number of nitrogens with one attached hydrogen (secondary N) is 2. The Morgan fingerprint density at radius 3 is 2.30 bits per heavy atom. The van der Waals surface area contributed by atoms with Gasteiger partial charge in [-0.25, -0.2) is 0 Å². The van der Waals surface area contributed by atoms with E-state index in [2.05, 4.69) is 10.6 Å². The molecule has 0 heterocycles. The average Bonchev–Trinajstić information content (AvgIpc) is 3.46. The second-order valence-electron chi connectivity index (χ2n) is 6.41. The molecule has 1 fully saturated rings. The number of ether oxygens (including phenoxy) is 2. The molecule has 0 bridgehead atoms. The molecule has 0 aromatic heterocycles. The van der Waals surface area contributed by atoms with E-state index in [1.54, 1.807) is 43.5 Å². The van der Waals surface area contributed by atoms with Gasteiger partial charge in [-0.1, -0.05) is 17.7 Å². The third-order valence-electron chi connectivity index (χ3n) is 4.65. The molecule has 2 aromatic rings. The van der Waals surface area contributed by atoms with Crippen molar-refractivity contribution in [3.8, 4) is 11.5 Å². The van der Waals surface area contributed by atoms with Gasteiger partial charge in [-0.15, -0.1) is 0 Å². The van der Waals surface area contributed by atoms with Crippen LogP contribution in [0.15, 0.2) is 36.4 Å². The van der Waals surface area contributed by atoms with Crippen LogP contribution < -0.4 is 20.1 Å². The van der Waals surface area contributed by atoms with Crippen LogP contribution >= 0.6 is 11.6 Å². The summed E-state index contributed by atoms with van der Waals surface area (Å²) in [7, 11) is 3.07. The average molecular weight is 389 g/mol. The Balaban J connectivity index is 1.64. The van der Waals surface area contributed by atoms with E-state index < -0.39 is 0 Å². The van der Waals surface area contributed by atoms with Crippen LogP contribution in [0.3, 0.4) is 0 Å². The van der Waals surface area contributed by atoms with Crippen molar-refractivity contribution >= 4 is 34.8 Å². The SMILES string of the molecule is COc1ccc(OC)c(NC(=O)C2CC2C(=O)Nc2cccc(Cl)c2C)c1. The van der Waals surface area contributed by atoms with E-state index in [0.717, 1.165) is 5.56 Å². The van der Waals surface area contributed by atoms with Gasteiger partial charge < -0.3 is 20.1 Å². The Kier molecular flexibility index (Phi) is 5.56. The van der Waals surface area contributed by atoms with Gasteiger partial charge in [-0.05, 0) is 43.2 Å². The molecule has 0 radical (unpaired) electrons. The van der Waals surface area contributed by atoms with Gasteiger partial charge in [0.15, 0.2) is 0 Å². The highest BCUT2D eigenvalue weighted by Crippen LogP contribution is 2.41. The van der Waals surface area contributed by atoms with E-state index in [9.17, 15) is 9.59 Å². The highest BCUT2D eigenvalue weighted by molar-refractivity contribution is 6.31. The van der Waals surface area contributed by atoms with Crippen molar-refractivity contribution in [3.05, 3.63) is 47.0 Å². The van der Waals surface area contributed by atoms with Gasteiger partial charge in [-0.2, -0.15) is 0 Å². The molecule has 6 nitrogen and oxygen atoms in total. The van der Waals surface area contributed by atoms with Gasteiger partial charge in [0.1, 0.15) is 11.5 Å². The minimum atomic E-state index is -0.375. The van der Waals surface area contributed by atoms with E-state index >= 15 is 0 Å². The van der Waals surface area contributed by atoms with Crippen molar-refractivity contribution in [2.24, 2.45) is 11.8 Å². The number of benzene rings is 2. The van der Waals surface area contributed by atoms with Gasteiger partial charge >= 0.3 is 0 Å². The Hall–Kier alpha value is -2.73. The third kappa shape index (κ3) is 4.17. The molecule has 1 aliphatic rings. The molecule has 0 aliphatic heterocycles. The maximum Gasteiger partial charge on any atom is 0.228 e. The normalized spacial score (nSPS) is 17.8. The summed E-state index contributed by atoms with van der Waals surface area (Å²) in [6.07, 6.45) is 0.504. The summed E-state index contributed by atoms with van der Waals surface area (Å²) in [5.41, 5.74) is 1.97. The maximum absolute atomic E-state index is 12.5. The molecule has 7 heteroatoms. The molecule has 2 atom stereocenters. The summed E-state index contributed by atoms with van der Waals surface area (Å²) in [6, 6.07) is 10.5. The number of carbonyl (C=O) groups is 2. The molecule has 0 spiro atoms. The van der Waals surface area contributed by atoms with E-state index in [0.29, 0.717) is 34.3 Å². The van der Waals surface area contributed by atoms with Crippen molar-refractivity contribution in [1.29, 1.82) is 0 Å². The molecular formula is C20H21ClN2O4. The maximum atomic E-state index is 12.5. The van der Waals surface area contributed by atoms with Crippen LogP contribution in [-0.2, 0) is 9.59 Å². The highest BCUT2D eigenvalue weighted by Gasteiger charge is 2.48. The summed E-state index contributed by atoms with van der Waals surface area (Å²) < 4.78 is 10.4. The number of amides is 2. The number of rotatable bonds is 6. The number of hydrogen-bond acceptors (Lipinski definition) is 4. The van der Waals surface area contributed by atoms with Crippen LogP contribution in [0, 0.1) is 18.8 Å². The number of carbonyl (C=O) groups excluding carboxylic acids is 2. The fraction of sp³-hybridized carbons (Fsp3) is 0.300. The Bertz CT molecular complexity index is 884. The number of anilines is 2. The first-order chi connectivity index (χ1) is 12.9. The summed E-state index contributed by atoms with van der Waals surface area (Å²) >= 11 is 6.08. The molecule has 2 aromatic carbocycles. The van der Waals surface area contributed by atoms with E-state index in [1.165, 1.54) is 7.11 Å². The van der Waals surface area contributed by atoms with Crippen LogP contribution in [0.5, 0.6) is 11.5 Å². The third-order valence-corrected chi connectivity index (χ3v) is 5.06.